The van der Waals surface area contributed by atoms with Crippen molar-refractivity contribution in [1.82, 2.24) is 0 Å². The van der Waals surface area contributed by atoms with Gasteiger partial charge in [-0.25, -0.2) is 9.59 Å². The molecule has 6 nitrogen and oxygen atoms in total. The lowest BCUT2D eigenvalue weighted by molar-refractivity contribution is -0.141. The molecular formula is C43H42N2O4. The summed E-state index contributed by atoms with van der Waals surface area (Å²) in [5.74, 6) is -1.31. The fourth-order valence-corrected chi connectivity index (χ4v) is 5.44. The number of hydrogen-bond acceptors (Lipinski definition) is 6. The van der Waals surface area contributed by atoms with Crippen LogP contribution >= 0.6 is 0 Å². The maximum Gasteiger partial charge on any atom is 0.349 e. The molecule has 0 aliphatic heterocycles. The summed E-state index contributed by atoms with van der Waals surface area (Å²) in [7, 11) is 0. The lowest BCUT2D eigenvalue weighted by Crippen LogP contribution is -2.26. The molecule has 49 heavy (non-hydrogen) atoms. The lowest BCUT2D eigenvalue weighted by atomic mass is 9.78. The Balaban J connectivity index is 1.38. The van der Waals surface area contributed by atoms with Crippen molar-refractivity contribution in [3.8, 4) is 12.1 Å². The fourth-order valence-electron chi connectivity index (χ4n) is 5.44. The first-order valence-electron chi connectivity index (χ1n) is 16.4. The van der Waals surface area contributed by atoms with E-state index in [2.05, 4.69) is 26.0 Å². The van der Waals surface area contributed by atoms with E-state index in [4.69, 9.17) is 9.47 Å². The second-order valence-electron chi connectivity index (χ2n) is 13.5. The molecule has 0 fully saturated rings. The van der Waals surface area contributed by atoms with Gasteiger partial charge < -0.3 is 9.47 Å². The molecule has 0 atom stereocenters. The Hall–Kier alpha value is -5.72. The van der Waals surface area contributed by atoms with Crippen LogP contribution < -0.4 is 0 Å². The van der Waals surface area contributed by atoms with E-state index in [1.54, 1.807) is 0 Å². The molecule has 0 saturated carbocycles. The topological polar surface area (TPSA) is 100 Å². The molecule has 0 saturated heterocycles. The van der Waals surface area contributed by atoms with Gasteiger partial charge in [0.15, 0.2) is 0 Å². The van der Waals surface area contributed by atoms with Crippen LogP contribution in [0.25, 0.3) is 11.1 Å². The average Bonchev–Trinajstić information content (AvgIpc) is 3.12. The summed E-state index contributed by atoms with van der Waals surface area (Å²) in [6, 6.07) is 41.7. The van der Waals surface area contributed by atoms with E-state index in [9.17, 15) is 20.1 Å². The first-order chi connectivity index (χ1) is 23.5. The van der Waals surface area contributed by atoms with Gasteiger partial charge in [0.05, 0.1) is 13.2 Å². The predicted octanol–water partition coefficient (Wildman–Crippen LogP) is 9.35. The Morgan fingerprint density at radius 1 is 0.510 bits per heavy atom. The number of carbonyl (C=O) groups is 2. The summed E-state index contributed by atoms with van der Waals surface area (Å²) >= 11 is 0. The van der Waals surface area contributed by atoms with Gasteiger partial charge in [-0.3, -0.25) is 0 Å². The number of ether oxygens (including phenoxy) is 2. The van der Waals surface area contributed by atoms with E-state index in [1.165, 1.54) is 0 Å². The number of carbonyl (C=O) groups excluding carboxylic acids is 2. The van der Waals surface area contributed by atoms with Crippen molar-refractivity contribution in [2.24, 2.45) is 10.8 Å². The Kier molecular flexibility index (Phi) is 12.5. The average molecular weight is 651 g/mol. The molecule has 0 N–H and O–H groups in total. The molecule has 6 heteroatoms. The minimum atomic E-state index is -0.656. The molecule has 4 rings (SSSR count). The Morgan fingerprint density at radius 2 is 0.837 bits per heavy atom. The zero-order chi connectivity index (χ0) is 35.3. The second kappa shape index (κ2) is 16.9. The van der Waals surface area contributed by atoms with Crippen LogP contribution in [0.5, 0.6) is 0 Å². The van der Waals surface area contributed by atoms with Crippen LogP contribution in [0.15, 0.2) is 132 Å². The minimum absolute atomic E-state index is 0.0355. The summed E-state index contributed by atoms with van der Waals surface area (Å²) in [5.41, 5.74) is 3.48. The van der Waals surface area contributed by atoms with Crippen LogP contribution in [0.2, 0.25) is 0 Å². The zero-order valence-corrected chi connectivity index (χ0v) is 28.6. The molecule has 0 unspecified atom stereocenters. The summed E-state index contributed by atoms with van der Waals surface area (Å²) in [6.07, 6.45) is 2.08. The number of esters is 2. The highest BCUT2D eigenvalue weighted by molar-refractivity contribution is 6.06. The van der Waals surface area contributed by atoms with Crippen LogP contribution in [0.4, 0.5) is 0 Å². The van der Waals surface area contributed by atoms with Crippen molar-refractivity contribution in [3.05, 3.63) is 155 Å². The van der Waals surface area contributed by atoms with E-state index in [0.29, 0.717) is 17.6 Å². The van der Waals surface area contributed by atoms with Crippen molar-refractivity contribution in [2.45, 2.75) is 47.0 Å². The molecular weight excluding hydrogens is 608 g/mol. The molecule has 0 heterocycles. The van der Waals surface area contributed by atoms with Gasteiger partial charge in [-0.2, -0.15) is 10.5 Å². The molecule has 0 spiro atoms. The van der Waals surface area contributed by atoms with E-state index < -0.39 is 11.9 Å². The van der Waals surface area contributed by atoms with E-state index in [1.807, 2.05) is 135 Å². The molecule has 0 aliphatic carbocycles. The fraction of sp³-hybridized carbons (Fsp3) is 0.256. The van der Waals surface area contributed by atoms with Crippen molar-refractivity contribution < 1.29 is 19.1 Å². The van der Waals surface area contributed by atoms with Crippen molar-refractivity contribution >= 4 is 23.1 Å². The molecule has 0 amide bonds. The largest absolute Gasteiger partial charge is 0.462 e. The minimum Gasteiger partial charge on any atom is -0.462 e. The number of hydrogen-bond donors (Lipinski definition) is 0. The predicted molar refractivity (Wildman–Crippen MR) is 192 cm³/mol. The number of nitrogens with zero attached hydrogens (tertiary/aromatic N) is 2. The highest BCUT2D eigenvalue weighted by atomic mass is 16.5. The van der Waals surface area contributed by atoms with E-state index in [-0.39, 0.29) is 35.2 Å². The highest BCUT2D eigenvalue weighted by Gasteiger charge is 2.28. The van der Waals surface area contributed by atoms with Gasteiger partial charge in [-0.15, -0.1) is 0 Å². The van der Waals surface area contributed by atoms with Gasteiger partial charge in [-0.1, -0.05) is 149 Å². The van der Waals surface area contributed by atoms with Gasteiger partial charge in [0.2, 0.25) is 0 Å². The third-order valence-electron chi connectivity index (χ3n) is 8.47. The van der Waals surface area contributed by atoms with E-state index in [0.717, 1.165) is 35.1 Å². The molecule has 0 bridgehead atoms. The molecule has 0 radical (unpaired) electrons. The molecule has 0 aliphatic rings. The summed E-state index contributed by atoms with van der Waals surface area (Å²) in [6.45, 7) is 8.55. The van der Waals surface area contributed by atoms with Crippen molar-refractivity contribution in [1.29, 1.82) is 10.5 Å². The highest BCUT2D eigenvalue weighted by Crippen LogP contribution is 2.35. The summed E-state index contributed by atoms with van der Waals surface area (Å²) < 4.78 is 11.4. The molecule has 4 aromatic rings. The van der Waals surface area contributed by atoms with E-state index >= 15 is 0 Å². The van der Waals surface area contributed by atoms with Crippen LogP contribution in [0, 0.1) is 33.5 Å². The molecule has 4 aromatic carbocycles. The van der Waals surface area contributed by atoms with Gasteiger partial charge in [0.1, 0.15) is 23.3 Å². The first kappa shape index (κ1) is 36.1. The van der Waals surface area contributed by atoms with Gasteiger partial charge in [0.25, 0.3) is 0 Å². The third kappa shape index (κ3) is 10.1. The Morgan fingerprint density at radius 3 is 1.18 bits per heavy atom. The van der Waals surface area contributed by atoms with Gasteiger partial charge in [0, 0.05) is 11.1 Å². The van der Waals surface area contributed by atoms with Crippen molar-refractivity contribution in [2.75, 3.05) is 13.2 Å². The first-order valence-corrected chi connectivity index (χ1v) is 16.4. The smallest absolute Gasteiger partial charge is 0.349 e. The maximum atomic E-state index is 13.3. The van der Waals surface area contributed by atoms with Gasteiger partial charge >= 0.3 is 11.9 Å². The van der Waals surface area contributed by atoms with Crippen LogP contribution in [0.3, 0.4) is 0 Å². The summed E-state index contributed by atoms with van der Waals surface area (Å²) in [4.78, 5) is 26.6. The van der Waals surface area contributed by atoms with Crippen LogP contribution in [-0.4, -0.2) is 25.2 Å². The van der Waals surface area contributed by atoms with Gasteiger partial charge in [-0.05, 0) is 52.3 Å². The monoisotopic (exact) mass is 650 g/mol. The second-order valence-corrected chi connectivity index (χ2v) is 13.5. The Bertz CT molecular complexity index is 1780. The third-order valence-corrected chi connectivity index (χ3v) is 8.47. The quantitative estimate of drug-likeness (QED) is 0.0766. The number of benzene rings is 4. The molecule has 0 aromatic heterocycles. The number of rotatable bonds is 14. The SMILES string of the molecule is CC(C)(CCOC(=O)C(C#N)=C(c1ccccc1)c1ccccc1)CCC(C)(C)COC(=O)C(C#N)=C(c1ccccc1)c1ccccc1. The summed E-state index contributed by atoms with van der Waals surface area (Å²) in [5, 5.41) is 20.1. The Labute approximate surface area is 289 Å². The zero-order valence-electron chi connectivity index (χ0n) is 28.6. The lowest BCUT2D eigenvalue weighted by Gasteiger charge is -2.31. The number of nitriles is 2. The molecule has 248 valence electrons. The standard InChI is InChI=1S/C43H42N2O4/c1-42(2,27-28-48-40(46)36(29-44)38(32-17-9-5-10-18-32)33-19-11-6-12-20-33)25-26-43(3,4)31-49-41(47)37(30-45)39(34-21-13-7-14-22-34)35-23-15-8-16-24-35/h5-24H,25-28,31H2,1-4H3. The van der Waals surface area contributed by atoms with Crippen LogP contribution in [-0.2, 0) is 19.1 Å². The maximum absolute atomic E-state index is 13.3. The normalized spacial score (nSPS) is 11.0. The van der Waals surface area contributed by atoms with Crippen LogP contribution in [0.1, 0.15) is 69.2 Å². The van der Waals surface area contributed by atoms with Crippen molar-refractivity contribution in [3.63, 3.8) is 0 Å².